The van der Waals surface area contributed by atoms with Crippen molar-refractivity contribution in [2.24, 2.45) is 0 Å². The minimum absolute atomic E-state index is 0.0463. The van der Waals surface area contributed by atoms with Crippen LogP contribution in [0.3, 0.4) is 0 Å². The van der Waals surface area contributed by atoms with Crippen LogP contribution in [0, 0.1) is 0 Å². The van der Waals surface area contributed by atoms with Crippen LogP contribution in [-0.2, 0) is 0 Å². The number of rotatable bonds is 1. The lowest BCUT2D eigenvalue weighted by Crippen LogP contribution is -2.17. The van der Waals surface area contributed by atoms with Gasteiger partial charge in [0.15, 0.2) is 0 Å². The Morgan fingerprint density at radius 2 is 2.50 bits per heavy atom. The van der Waals surface area contributed by atoms with E-state index in [9.17, 15) is 4.79 Å². The third kappa shape index (κ3) is 3.56. The first-order chi connectivity index (χ1) is 2.77. The van der Waals surface area contributed by atoms with E-state index in [4.69, 9.17) is 16.7 Å². The van der Waals surface area contributed by atoms with E-state index in [0.717, 1.165) is 0 Å². The van der Waals surface area contributed by atoms with Crippen molar-refractivity contribution in [3.63, 3.8) is 0 Å². The molecule has 0 aromatic carbocycles. The molecule has 0 radical (unpaired) electrons. The van der Waals surface area contributed by atoms with Gasteiger partial charge in [-0.25, -0.2) is 4.79 Å². The van der Waals surface area contributed by atoms with E-state index in [1.807, 2.05) is 5.32 Å². The van der Waals surface area contributed by atoms with Crippen LogP contribution in [0.1, 0.15) is 0 Å². The molecule has 0 saturated heterocycles. The van der Waals surface area contributed by atoms with Crippen molar-refractivity contribution >= 4 is 17.7 Å². The molecule has 0 aromatic rings. The third-order valence-corrected chi connectivity index (χ3v) is 0.352. The Hall–Kier alpha value is -0.440. The van der Waals surface area contributed by atoms with Crippen LogP contribution in [0.25, 0.3) is 0 Å². The van der Waals surface area contributed by atoms with Crippen LogP contribution < -0.4 is 5.32 Å². The van der Waals surface area contributed by atoms with Crippen LogP contribution in [0.4, 0.5) is 4.79 Å². The van der Waals surface area contributed by atoms with Gasteiger partial charge in [-0.1, -0.05) is 0 Å². The summed E-state index contributed by atoms with van der Waals surface area (Å²) in [5, 5.41) is 9.61. The lowest BCUT2D eigenvalue weighted by Gasteiger charge is -1.85. The summed E-state index contributed by atoms with van der Waals surface area (Å²) in [5.41, 5.74) is 0. The Kier molecular flexibility index (Phi) is 2.58. The van der Waals surface area contributed by atoms with E-state index in [-0.39, 0.29) is 6.00 Å². The van der Waals surface area contributed by atoms with Crippen LogP contribution >= 0.6 is 11.6 Å². The fraction of sp³-hybridized carbons (Fsp3) is 0.500. The highest BCUT2D eigenvalue weighted by atomic mass is 35.5. The zero-order valence-corrected chi connectivity index (χ0v) is 3.70. The number of carbonyl (C=O) groups is 1. The van der Waals surface area contributed by atoms with E-state index in [1.54, 1.807) is 0 Å². The lowest BCUT2D eigenvalue weighted by molar-refractivity contribution is 0.196. The first-order valence-electron chi connectivity index (χ1n) is 1.30. The second-order valence-electron chi connectivity index (χ2n) is 0.616. The van der Waals surface area contributed by atoms with E-state index >= 15 is 0 Å². The molecule has 0 saturated carbocycles. The van der Waals surface area contributed by atoms with E-state index in [1.165, 1.54) is 0 Å². The molecule has 1 amide bonds. The molecule has 0 aromatic heterocycles. The average molecular weight is 110 g/mol. The van der Waals surface area contributed by atoms with Crippen molar-refractivity contribution in [3.05, 3.63) is 0 Å². The molecule has 0 atom stereocenters. The lowest BCUT2D eigenvalue weighted by atomic mass is 11.1. The third-order valence-electron chi connectivity index (χ3n) is 0.218. The van der Waals surface area contributed by atoms with E-state index in [0.29, 0.717) is 0 Å². The van der Waals surface area contributed by atoms with Gasteiger partial charge in [0.2, 0.25) is 0 Å². The Morgan fingerprint density at radius 1 is 2.00 bits per heavy atom. The molecule has 0 spiro atoms. The zero-order chi connectivity index (χ0) is 4.99. The quantitative estimate of drug-likeness (QED) is 0.379. The van der Waals surface area contributed by atoms with Gasteiger partial charge >= 0.3 is 6.09 Å². The fourth-order valence-electron chi connectivity index (χ4n) is 0.0572. The molecule has 2 N–H and O–H groups in total. The summed E-state index contributed by atoms with van der Waals surface area (Å²) in [5.74, 6) is 0. The molecule has 0 aliphatic carbocycles. The molecule has 36 valence electrons. The predicted molar refractivity (Wildman–Crippen MR) is 21.9 cm³/mol. The van der Waals surface area contributed by atoms with Gasteiger partial charge in [0.25, 0.3) is 0 Å². The summed E-state index contributed by atoms with van der Waals surface area (Å²) in [4.78, 5) is 9.40. The van der Waals surface area contributed by atoms with Crippen molar-refractivity contribution in [1.82, 2.24) is 5.32 Å². The predicted octanol–water partition coefficient (Wildman–Crippen LogP) is 0.450. The number of nitrogens with one attached hydrogen (secondary N) is 1. The highest BCUT2D eigenvalue weighted by Crippen LogP contribution is 1.63. The molecule has 0 bridgehead atoms. The van der Waals surface area contributed by atoms with Gasteiger partial charge in [-0.15, -0.1) is 11.6 Å². The van der Waals surface area contributed by atoms with Gasteiger partial charge in [-0.2, -0.15) is 0 Å². The molecule has 0 rings (SSSR count). The van der Waals surface area contributed by atoms with Crippen LogP contribution in [0.5, 0.6) is 0 Å². The van der Waals surface area contributed by atoms with Gasteiger partial charge in [0, 0.05) is 0 Å². The summed E-state index contributed by atoms with van der Waals surface area (Å²) in [7, 11) is 0. The minimum atomic E-state index is -1.09. The molecule has 4 heteroatoms. The minimum Gasteiger partial charge on any atom is -0.465 e. The molecular formula is C2H4ClNO2. The van der Waals surface area contributed by atoms with Crippen molar-refractivity contribution in [3.8, 4) is 0 Å². The first kappa shape index (κ1) is 5.56. The summed E-state index contributed by atoms with van der Waals surface area (Å²) in [6, 6.07) is -0.0463. The summed E-state index contributed by atoms with van der Waals surface area (Å²) < 4.78 is 0. The molecule has 3 nitrogen and oxygen atoms in total. The Bertz CT molecular complexity index is 55.5. The second-order valence-corrected chi connectivity index (χ2v) is 0.883. The summed E-state index contributed by atoms with van der Waals surface area (Å²) >= 11 is 4.90. The molecule has 6 heavy (non-hydrogen) atoms. The number of halogens is 1. The average Bonchev–Trinajstić information content (AvgIpc) is 1.35. The number of alkyl halides is 1. The van der Waals surface area contributed by atoms with E-state index in [2.05, 4.69) is 0 Å². The number of amides is 1. The number of hydrogen-bond donors (Lipinski definition) is 2. The second kappa shape index (κ2) is 2.78. The molecule has 0 heterocycles. The maximum Gasteiger partial charge on any atom is 0.405 e. The molecule has 0 aliphatic rings. The Labute approximate surface area is 39.9 Å². The van der Waals surface area contributed by atoms with Gasteiger partial charge < -0.3 is 10.4 Å². The monoisotopic (exact) mass is 109 g/mol. The largest absolute Gasteiger partial charge is 0.465 e. The van der Waals surface area contributed by atoms with Crippen LogP contribution in [-0.4, -0.2) is 17.2 Å². The van der Waals surface area contributed by atoms with Crippen LogP contribution in [0.15, 0.2) is 0 Å². The normalized spacial score (nSPS) is 7.50. The maximum absolute atomic E-state index is 9.40. The summed E-state index contributed by atoms with van der Waals surface area (Å²) in [6.07, 6.45) is -1.09. The van der Waals surface area contributed by atoms with Gasteiger partial charge in [-0.3, -0.25) is 0 Å². The number of hydrogen-bond acceptors (Lipinski definition) is 1. The van der Waals surface area contributed by atoms with Crippen molar-refractivity contribution in [2.75, 3.05) is 6.00 Å². The Morgan fingerprint density at radius 3 is 2.50 bits per heavy atom. The first-order valence-corrected chi connectivity index (χ1v) is 1.83. The standard InChI is InChI=1S/C2H4ClNO2/c3-1-4-2(5)6/h4H,1H2,(H,5,6). The molecule has 0 unspecified atom stereocenters. The van der Waals surface area contributed by atoms with Gasteiger partial charge in [0.05, 0.1) is 6.00 Å². The van der Waals surface area contributed by atoms with Gasteiger partial charge in [0.1, 0.15) is 0 Å². The van der Waals surface area contributed by atoms with Crippen molar-refractivity contribution in [1.29, 1.82) is 0 Å². The molecule has 0 fully saturated rings. The van der Waals surface area contributed by atoms with E-state index < -0.39 is 6.09 Å². The van der Waals surface area contributed by atoms with Gasteiger partial charge in [-0.05, 0) is 0 Å². The summed E-state index contributed by atoms with van der Waals surface area (Å²) in [6.45, 7) is 0. The zero-order valence-electron chi connectivity index (χ0n) is 2.94. The maximum atomic E-state index is 9.40. The highest BCUT2D eigenvalue weighted by molar-refractivity contribution is 6.18. The fourth-order valence-corrected chi connectivity index (χ4v) is 0.171. The van der Waals surface area contributed by atoms with Crippen molar-refractivity contribution < 1.29 is 9.90 Å². The Balaban J connectivity index is 2.83. The highest BCUT2D eigenvalue weighted by Gasteiger charge is 1.84. The smallest absolute Gasteiger partial charge is 0.405 e. The molecular weight excluding hydrogens is 105 g/mol. The van der Waals surface area contributed by atoms with Crippen LogP contribution in [0.2, 0.25) is 0 Å². The topological polar surface area (TPSA) is 49.3 Å². The molecule has 0 aliphatic heterocycles. The number of carboxylic acid groups (broad SMARTS) is 1. The van der Waals surface area contributed by atoms with Crippen molar-refractivity contribution in [2.45, 2.75) is 0 Å². The SMILES string of the molecule is O=C(O)NCCl.